The molecule has 2 aromatic carbocycles. The number of anilines is 1. The van der Waals surface area contributed by atoms with Gasteiger partial charge < -0.3 is 5.32 Å². The van der Waals surface area contributed by atoms with Crippen LogP contribution in [-0.2, 0) is 0 Å². The Morgan fingerprint density at radius 3 is 2.81 bits per heavy atom. The Labute approximate surface area is 119 Å². The number of hydrogen-bond donors (Lipinski definition) is 1. The summed E-state index contributed by atoms with van der Waals surface area (Å²) in [7, 11) is 0. The van der Waals surface area contributed by atoms with Crippen molar-refractivity contribution in [1.29, 1.82) is 0 Å². The van der Waals surface area contributed by atoms with Crippen LogP contribution in [-0.4, -0.2) is 15.8 Å². The SMILES string of the molecule is Cc1ccc2cnn(C(=O)Nc3cc(F)ccc3F)c2c1. The van der Waals surface area contributed by atoms with Gasteiger partial charge in [0.05, 0.1) is 17.4 Å². The number of rotatable bonds is 1. The highest BCUT2D eigenvalue weighted by molar-refractivity contribution is 5.97. The zero-order chi connectivity index (χ0) is 15.0. The van der Waals surface area contributed by atoms with Gasteiger partial charge in [-0.15, -0.1) is 0 Å². The van der Waals surface area contributed by atoms with E-state index in [4.69, 9.17) is 0 Å². The molecule has 1 N–H and O–H groups in total. The first-order valence-electron chi connectivity index (χ1n) is 6.25. The predicted molar refractivity (Wildman–Crippen MR) is 75.2 cm³/mol. The third-order valence-electron chi connectivity index (χ3n) is 3.09. The summed E-state index contributed by atoms with van der Waals surface area (Å²) in [4.78, 5) is 12.2. The fraction of sp³-hybridized carbons (Fsp3) is 0.0667. The van der Waals surface area contributed by atoms with E-state index in [1.807, 2.05) is 19.1 Å². The summed E-state index contributed by atoms with van der Waals surface area (Å²) in [5.74, 6) is -1.34. The first-order chi connectivity index (χ1) is 10.0. The number of fused-ring (bicyclic) bond motifs is 1. The van der Waals surface area contributed by atoms with Crippen molar-refractivity contribution in [3.8, 4) is 0 Å². The molecule has 1 aromatic heterocycles. The van der Waals surface area contributed by atoms with Gasteiger partial charge in [-0.1, -0.05) is 12.1 Å². The molecule has 106 valence electrons. The topological polar surface area (TPSA) is 46.9 Å². The number of aryl methyl sites for hydroxylation is 1. The van der Waals surface area contributed by atoms with Gasteiger partial charge in [0, 0.05) is 11.5 Å². The van der Waals surface area contributed by atoms with E-state index in [2.05, 4.69) is 10.4 Å². The third kappa shape index (κ3) is 2.47. The zero-order valence-electron chi connectivity index (χ0n) is 11.1. The first-order valence-corrected chi connectivity index (χ1v) is 6.25. The van der Waals surface area contributed by atoms with E-state index in [9.17, 15) is 13.6 Å². The minimum Gasteiger partial charge on any atom is -0.303 e. The molecule has 0 atom stereocenters. The van der Waals surface area contributed by atoms with Crippen LogP contribution >= 0.6 is 0 Å². The van der Waals surface area contributed by atoms with Crippen LogP contribution in [0, 0.1) is 18.6 Å². The van der Waals surface area contributed by atoms with Gasteiger partial charge in [-0.3, -0.25) is 0 Å². The molecule has 6 heteroatoms. The highest BCUT2D eigenvalue weighted by atomic mass is 19.1. The summed E-state index contributed by atoms with van der Waals surface area (Å²) in [6, 6.07) is 7.74. The lowest BCUT2D eigenvalue weighted by molar-refractivity contribution is 0.251. The van der Waals surface area contributed by atoms with Gasteiger partial charge in [0.15, 0.2) is 0 Å². The quantitative estimate of drug-likeness (QED) is 0.741. The second-order valence-electron chi connectivity index (χ2n) is 4.67. The Balaban J connectivity index is 1.97. The summed E-state index contributed by atoms with van der Waals surface area (Å²) in [5, 5.41) is 7.07. The number of carbonyl (C=O) groups is 1. The van der Waals surface area contributed by atoms with Crippen LogP contribution in [0.5, 0.6) is 0 Å². The van der Waals surface area contributed by atoms with Crippen molar-refractivity contribution in [1.82, 2.24) is 9.78 Å². The molecule has 21 heavy (non-hydrogen) atoms. The van der Waals surface area contributed by atoms with Crippen molar-refractivity contribution in [3.63, 3.8) is 0 Å². The van der Waals surface area contributed by atoms with Gasteiger partial charge in [0.1, 0.15) is 11.6 Å². The number of aromatic nitrogens is 2. The lowest BCUT2D eigenvalue weighted by Crippen LogP contribution is -2.21. The number of nitrogens with zero attached hydrogens (tertiary/aromatic N) is 2. The second kappa shape index (κ2) is 4.97. The molecule has 0 aliphatic rings. The molecule has 0 bridgehead atoms. The highest BCUT2D eigenvalue weighted by Crippen LogP contribution is 2.18. The van der Waals surface area contributed by atoms with Gasteiger partial charge in [-0.2, -0.15) is 9.78 Å². The Bertz CT molecular complexity index is 842. The average Bonchev–Trinajstić information content (AvgIpc) is 2.85. The van der Waals surface area contributed by atoms with Crippen molar-refractivity contribution in [2.24, 2.45) is 0 Å². The standard InChI is InChI=1S/C15H11F2N3O/c1-9-2-3-10-8-18-20(14(10)6-9)15(21)19-13-7-11(16)4-5-12(13)17/h2-8H,1H3,(H,19,21). The maximum atomic E-state index is 13.5. The number of halogens is 2. The van der Waals surface area contributed by atoms with E-state index in [0.717, 1.165) is 33.8 Å². The summed E-state index contributed by atoms with van der Waals surface area (Å²) < 4.78 is 27.8. The average molecular weight is 287 g/mol. The van der Waals surface area contributed by atoms with Crippen molar-refractivity contribution in [2.75, 3.05) is 5.32 Å². The molecular formula is C15H11F2N3O. The van der Waals surface area contributed by atoms with Gasteiger partial charge in [0.25, 0.3) is 0 Å². The molecule has 0 fully saturated rings. The van der Waals surface area contributed by atoms with Crippen LogP contribution in [0.15, 0.2) is 42.6 Å². The maximum absolute atomic E-state index is 13.5. The summed E-state index contributed by atoms with van der Waals surface area (Å²) >= 11 is 0. The molecule has 3 aromatic rings. The van der Waals surface area contributed by atoms with E-state index in [1.54, 1.807) is 6.07 Å². The van der Waals surface area contributed by atoms with Gasteiger partial charge >= 0.3 is 6.03 Å². The summed E-state index contributed by atoms with van der Waals surface area (Å²) in [6.45, 7) is 1.89. The van der Waals surface area contributed by atoms with E-state index in [1.165, 1.54) is 6.20 Å². The Morgan fingerprint density at radius 1 is 1.19 bits per heavy atom. The molecule has 0 aliphatic heterocycles. The van der Waals surface area contributed by atoms with E-state index in [-0.39, 0.29) is 5.69 Å². The first kappa shape index (κ1) is 13.2. The second-order valence-corrected chi connectivity index (χ2v) is 4.67. The molecule has 0 aliphatic carbocycles. The Morgan fingerprint density at radius 2 is 2.00 bits per heavy atom. The van der Waals surface area contributed by atoms with Crippen LogP contribution in [0.25, 0.3) is 10.9 Å². The Kier molecular flexibility index (Phi) is 3.13. The zero-order valence-corrected chi connectivity index (χ0v) is 11.1. The third-order valence-corrected chi connectivity index (χ3v) is 3.09. The van der Waals surface area contributed by atoms with E-state index in [0.29, 0.717) is 5.52 Å². The fourth-order valence-corrected chi connectivity index (χ4v) is 2.05. The largest absolute Gasteiger partial charge is 0.347 e. The van der Waals surface area contributed by atoms with Crippen molar-refractivity contribution < 1.29 is 13.6 Å². The molecule has 0 spiro atoms. The number of nitrogens with one attached hydrogen (secondary N) is 1. The number of amides is 1. The van der Waals surface area contributed by atoms with Crippen LogP contribution in [0.4, 0.5) is 19.3 Å². The molecule has 0 radical (unpaired) electrons. The minimum atomic E-state index is -0.711. The monoisotopic (exact) mass is 287 g/mol. The molecular weight excluding hydrogens is 276 g/mol. The minimum absolute atomic E-state index is 0.226. The number of benzene rings is 2. The van der Waals surface area contributed by atoms with Gasteiger partial charge in [-0.05, 0) is 30.7 Å². The van der Waals surface area contributed by atoms with E-state index < -0.39 is 17.7 Å². The summed E-state index contributed by atoms with van der Waals surface area (Å²) in [5.41, 5.74) is 1.34. The Hall–Kier alpha value is -2.76. The number of hydrogen-bond acceptors (Lipinski definition) is 2. The van der Waals surface area contributed by atoms with Crippen molar-refractivity contribution >= 4 is 22.6 Å². The molecule has 0 unspecified atom stereocenters. The van der Waals surface area contributed by atoms with Crippen LogP contribution < -0.4 is 5.32 Å². The van der Waals surface area contributed by atoms with Gasteiger partial charge in [-0.25, -0.2) is 13.6 Å². The van der Waals surface area contributed by atoms with Crippen LogP contribution in [0.1, 0.15) is 5.56 Å². The lowest BCUT2D eigenvalue weighted by Gasteiger charge is -2.07. The highest BCUT2D eigenvalue weighted by Gasteiger charge is 2.13. The maximum Gasteiger partial charge on any atom is 0.347 e. The molecule has 1 amide bonds. The molecule has 0 saturated heterocycles. The summed E-state index contributed by atoms with van der Waals surface area (Å²) in [6.07, 6.45) is 1.54. The van der Waals surface area contributed by atoms with Crippen LogP contribution in [0.2, 0.25) is 0 Å². The number of carbonyl (C=O) groups excluding carboxylic acids is 1. The molecule has 3 rings (SSSR count). The fourth-order valence-electron chi connectivity index (χ4n) is 2.05. The van der Waals surface area contributed by atoms with Crippen molar-refractivity contribution in [3.05, 3.63) is 59.8 Å². The van der Waals surface area contributed by atoms with E-state index >= 15 is 0 Å². The smallest absolute Gasteiger partial charge is 0.303 e. The molecule has 0 saturated carbocycles. The van der Waals surface area contributed by atoms with Gasteiger partial charge in [0.2, 0.25) is 0 Å². The molecule has 4 nitrogen and oxygen atoms in total. The predicted octanol–water partition coefficient (Wildman–Crippen LogP) is 3.70. The lowest BCUT2D eigenvalue weighted by atomic mass is 10.2. The molecule has 1 heterocycles. The normalized spacial score (nSPS) is 10.8. The van der Waals surface area contributed by atoms with Crippen molar-refractivity contribution in [2.45, 2.75) is 6.92 Å². The van der Waals surface area contributed by atoms with Crippen LogP contribution in [0.3, 0.4) is 0 Å².